The second kappa shape index (κ2) is 8.55. The van der Waals surface area contributed by atoms with Gasteiger partial charge in [0.15, 0.2) is 0 Å². The molecular formula is C23H28N2O4. The van der Waals surface area contributed by atoms with Crippen molar-refractivity contribution in [1.82, 2.24) is 4.90 Å². The Bertz CT molecular complexity index is 846. The molecule has 0 aromatic heterocycles. The first-order valence-electron chi connectivity index (χ1n) is 9.83. The van der Waals surface area contributed by atoms with Crippen molar-refractivity contribution in [2.24, 2.45) is 0 Å². The van der Waals surface area contributed by atoms with Crippen molar-refractivity contribution in [2.45, 2.75) is 33.3 Å². The van der Waals surface area contributed by atoms with Crippen molar-refractivity contribution >= 4 is 17.7 Å². The van der Waals surface area contributed by atoms with Gasteiger partial charge in [0.2, 0.25) is 0 Å². The third kappa shape index (κ3) is 5.73. The number of amides is 1. The van der Waals surface area contributed by atoms with E-state index in [4.69, 9.17) is 9.47 Å². The Hall–Kier alpha value is -3.02. The smallest absolute Gasteiger partial charge is 0.410 e. The van der Waals surface area contributed by atoms with Crippen molar-refractivity contribution in [3.63, 3.8) is 0 Å². The number of carbonyl (C=O) groups excluding carboxylic acids is 2. The molecule has 1 amide bonds. The summed E-state index contributed by atoms with van der Waals surface area (Å²) in [6.07, 6.45) is -0.246. The van der Waals surface area contributed by atoms with Crippen LogP contribution in [0, 0.1) is 0 Å². The second-order valence-corrected chi connectivity index (χ2v) is 8.12. The lowest BCUT2D eigenvalue weighted by Gasteiger charge is -2.36. The molecule has 6 nitrogen and oxygen atoms in total. The van der Waals surface area contributed by atoms with Crippen LogP contribution in [0.15, 0.2) is 48.5 Å². The second-order valence-electron chi connectivity index (χ2n) is 8.12. The molecule has 0 saturated carbocycles. The molecule has 0 radical (unpaired) electrons. The molecule has 1 aliphatic rings. The lowest BCUT2D eigenvalue weighted by Crippen LogP contribution is -2.50. The van der Waals surface area contributed by atoms with Gasteiger partial charge in [0, 0.05) is 38.8 Å². The van der Waals surface area contributed by atoms with Gasteiger partial charge in [0.1, 0.15) is 11.4 Å². The first-order chi connectivity index (χ1) is 13.7. The zero-order valence-corrected chi connectivity index (χ0v) is 17.5. The lowest BCUT2D eigenvalue weighted by atomic mass is 10.0. The number of ether oxygens (including phenoxy) is 2. The summed E-state index contributed by atoms with van der Waals surface area (Å²) < 4.78 is 10.5. The maximum absolute atomic E-state index is 12.2. The van der Waals surface area contributed by atoms with Gasteiger partial charge >= 0.3 is 12.1 Å². The fraction of sp³-hybridized carbons (Fsp3) is 0.391. The SMILES string of the molecule is CC(=O)Oc1ccc(-c2ccc(N3CCN(C(=O)OC(C)(C)C)CC3)cc2)cc1. The topological polar surface area (TPSA) is 59.1 Å². The molecule has 6 heteroatoms. The maximum atomic E-state index is 12.2. The fourth-order valence-corrected chi connectivity index (χ4v) is 3.22. The number of piperazine rings is 1. The van der Waals surface area contributed by atoms with Crippen LogP contribution in [-0.2, 0) is 9.53 Å². The number of rotatable bonds is 3. The molecule has 0 unspecified atom stereocenters. The molecule has 29 heavy (non-hydrogen) atoms. The standard InChI is InChI=1S/C23H28N2O4/c1-17(26)28-21-11-7-19(8-12-21)18-5-9-20(10-6-18)24-13-15-25(16-14-24)22(27)29-23(2,3)4/h5-12H,13-16H2,1-4H3. The Morgan fingerprint density at radius 1 is 0.828 bits per heavy atom. The highest BCUT2D eigenvalue weighted by atomic mass is 16.6. The molecule has 0 atom stereocenters. The summed E-state index contributed by atoms with van der Waals surface area (Å²) in [6, 6.07) is 15.8. The fourth-order valence-electron chi connectivity index (χ4n) is 3.22. The third-order valence-electron chi connectivity index (χ3n) is 4.61. The molecule has 1 heterocycles. The van der Waals surface area contributed by atoms with E-state index in [1.54, 1.807) is 17.0 Å². The summed E-state index contributed by atoms with van der Waals surface area (Å²) in [4.78, 5) is 27.3. The van der Waals surface area contributed by atoms with Crippen LogP contribution in [0.3, 0.4) is 0 Å². The number of nitrogens with zero attached hydrogens (tertiary/aromatic N) is 2. The van der Waals surface area contributed by atoms with Crippen LogP contribution in [0.25, 0.3) is 11.1 Å². The molecule has 1 aliphatic heterocycles. The Balaban J connectivity index is 1.58. The average Bonchev–Trinajstić information content (AvgIpc) is 2.67. The van der Waals surface area contributed by atoms with Gasteiger partial charge < -0.3 is 19.3 Å². The van der Waals surface area contributed by atoms with E-state index < -0.39 is 5.60 Å². The van der Waals surface area contributed by atoms with Crippen LogP contribution in [0.5, 0.6) is 5.75 Å². The number of hydrogen-bond donors (Lipinski definition) is 0. The van der Waals surface area contributed by atoms with E-state index in [9.17, 15) is 9.59 Å². The lowest BCUT2D eigenvalue weighted by molar-refractivity contribution is -0.131. The monoisotopic (exact) mass is 396 g/mol. The van der Waals surface area contributed by atoms with Gasteiger partial charge in [-0.3, -0.25) is 4.79 Å². The van der Waals surface area contributed by atoms with Crippen molar-refractivity contribution in [3.05, 3.63) is 48.5 Å². The minimum Gasteiger partial charge on any atom is -0.444 e. The van der Waals surface area contributed by atoms with E-state index in [0.717, 1.165) is 29.9 Å². The van der Waals surface area contributed by atoms with E-state index in [1.165, 1.54) is 6.92 Å². The highest BCUT2D eigenvalue weighted by Gasteiger charge is 2.25. The minimum atomic E-state index is -0.472. The predicted octanol–water partition coefficient (Wildman–Crippen LogP) is 4.34. The Morgan fingerprint density at radius 2 is 1.34 bits per heavy atom. The first-order valence-corrected chi connectivity index (χ1v) is 9.83. The number of anilines is 1. The summed E-state index contributed by atoms with van der Waals surface area (Å²) in [5, 5.41) is 0. The van der Waals surface area contributed by atoms with Crippen molar-refractivity contribution in [1.29, 1.82) is 0 Å². The van der Waals surface area contributed by atoms with Crippen LogP contribution in [0.4, 0.5) is 10.5 Å². The molecule has 0 N–H and O–H groups in total. The number of esters is 1. The number of benzene rings is 2. The Labute approximate surface area is 172 Å². The molecule has 0 bridgehead atoms. The summed E-state index contributed by atoms with van der Waals surface area (Å²) in [5.41, 5.74) is 2.81. The molecule has 2 aromatic carbocycles. The maximum Gasteiger partial charge on any atom is 0.410 e. The van der Waals surface area contributed by atoms with Gasteiger partial charge in [0.05, 0.1) is 0 Å². The van der Waals surface area contributed by atoms with Crippen LogP contribution in [-0.4, -0.2) is 48.7 Å². The largest absolute Gasteiger partial charge is 0.444 e. The van der Waals surface area contributed by atoms with E-state index in [-0.39, 0.29) is 12.1 Å². The van der Waals surface area contributed by atoms with E-state index in [0.29, 0.717) is 18.8 Å². The van der Waals surface area contributed by atoms with Gasteiger partial charge in [-0.25, -0.2) is 4.79 Å². The quantitative estimate of drug-likeness (QED) is 0.571. The van der Waals surface area contributed by atoms with Crippen LogP contribution >= 0.6 is 0 Å². The van der Waals surface area contributed by atoms with Gasteiger partial charge in [-0.05, 0) is 56.2 Å². The van der Waals surface area contributed by atoms with Crippen molar-refractivity contribution in [3.8, 4) is 16.9 Å². The third-order valence-corrected chi connectivity index (χ3v) is 4.61. The van der Waals surface area contributed by atoms with Gasteiger partial charge in [-0.2, -0.15) is 0 Å². The first kappa shape index (κ1) is 20.7. The highest BCUT2D eigenvalue weighted by Crippen LogP contribution is 2.26. The van der Waals surface area contributed by atoms with E-state index in [1.807, 2.05) is 32.9 Å². The molecular weight excluding hydrogens is 368 g/mol. The van der Waals surface area contributed by atoms with Gasteiger partial charge in [0.25, 0.3) is 0 Å². The molecule has 0 aliphatic carbocycles. The zero-order valence-electron chi connectivity index (χ0n) is 17.5. The molecule has 1 fully saturated rings. The average molecular weight is 396 g/mol. The summed E-state index contributed by atoms with van der Waals surface area (Å²) >= 11 is 0. The molecule has 1 saturated heterocycles. The van der Waals surface area contributed by atoms with Crippen LogP contribution in [0.1, 0.15) is 27.7 Å². The zero-order chi connectivity index (χ0) is 21.0. The summed E-state index contributed by atoms with van der Waals surface area (Å²) in [7, 11) is 0. The molecule has 3 rings (SSSR count). The van der Waals surface area contributed by atoms with Crippen LogP contribution < -0.4 is 9.64 Å². The van der Waals surface area contributed by atoms with Crippen molar-refractivity contribution < 1.29 is 19.1 Å². The number of carbonyl (C=O) groups is 2. The molecule has 154 valence electrons. The number of hydrogen-bond acceptors (Lipinski definition) is 5. The summed E-state index contributed by atoms with van der Waals surface area (Å²) in [5.74, 6) is 0.217. The van der Waals surface area contributed by atoms with E-state index >= 15 is 0 Å². The van der Waals surface area contributed by atoms with Gasteiger partial charge in [-0.1, -0.05) is 24.3 Å². The van der Waals surface area contributed by atoms with Crippen LogP contribution in [0.2, 0.25) is 0 Å². The van der Waals surface area contributed by atoms with Gasteiger partial charge in [-0.15, -0.1) is 0 Å². The predicted molar refractivity (Wildman–Crippen MR) is 113 cm³/mol. The van der Waals surface area contributed by atoms with E-state index in [2.05, 4.69) is 29.2 Å². The Kier molecular flexibility index (Phi) is 6.11. The minimum absolute atomic E-state index is 0.246. The normalized spacial score (nSPS) is 14.5. The molecule has 0 spiro atoms. The molecule has 2 aromatic rings. The summed E-state index contributed by atoms with van der Waals surface area (Å²) in [6.45, 7) is 9.87. The highest BCUT2D eigenvalue weighted by molar-refractivity contribution is 5.71. The Morgan fingerprint density at radius 3 is 1.83 bits per heavy atom. The van der Waals surface area contributed by atoms with Crippen molar-refractivity contribution in [2.75, 3.05) is 31.1 Å².